The number of likely N-dealkylation sites (tertiary alicyclic amines) is 1. The van der Waals surface area contributed by atoms with Crippen molar-refractivity contribution in [3.63, 3.8) is 0 Å². The van der Waals surface area contributed by atoms with Gasteiger partial charge in [-0.25, -0.2) is 9.48 Å². The second-order valence-electron chi connectivity index (χ2n) is 8.19. The third kappa shape index (κ3) is 3.67. The summed E-state index contributed by atoms with van der Waals surface area (Å²) in [5.41, 5.74) is -0.970. The molecule has 1 fully saturated rings. The minimum absolute atomic E-state index is 0.0000102. The van der Waals surface area contributed by atoms with E-state index >= 15 is 0 Å². The first-order chi connectivity index (χ1) is 13.6. The predicted octanol–water partition coefficient (Wildman–Crippen LogP) is 2.11. The first-order valence-electron chi connectivity index (χ1n) is 9.62. The van der Waals surface area contributed by atoms with Gasteiger partial charge < -0.3 is 4.90 Å². The normalized spacial score (nSPS) is 22.3. The summed E-state index contributed by atoms with van der Waals surface area (Å²) in [5, 5.41) is 4.36. The molecule has 0 spiro atoms. The first kappa shape index (κ1) is 19.7. The maximum Gasteiger partial charge on any atom is 0.433 e. The molecule has 1 amide bonds. The van der Waals surface area contributed by atoms with Crippen molar-refractivity contribution >= 4 is 5.91 Å². The summed E-state index contributed by atoms with van der Waals surface area (Å²) in [7, 11) is 0. The Bertz CT molecular complexity index is 973. The van der Waals surface area contributed by atoms with E-state index in [9.17, 15) is 22.8 Å². The van der Waals surface area contributed by atoms with Crippen LogP contribution in [0.25, 0.3) is 0 Å². The Morgan fingerprint density at radius 1 is 1.21 bits per heavy atom. The van der Waals surface area contributed by atoms with Gasteiger partial charge in [0.2, 0.25) is 5.91 Å². The van der Waals surface area contributed by atoms with Crippen LogP contribution in [0.1, 0.15) is 43.4 Å². The van der Waals surface area contributed by atoms with Crippen molar-refractivity contribution in [3.8, 4) is 0 Å². The van der Waals surface area contributed by atoms with Crippen molar-refractivity contribution in [1.29, 1.82) is 0 Å². The SMILES string of the molecule is CC1Cc2nn(Cc3ccc(C(F)(F)F)nc3)c(=O)n2C(C(=O)N2CC(C)C2)C1. The van der Waals surface area contributed by atoms with E-state index in [1.807, 2.05) is 6.92 Å². The number of amides is 1. The molecule has 10 heteroatoms. The Balaban J connectivity index is 1.60. The molecule has 29 heavy (non-hydrogen) atoms. The fraction of sp³-hybridized carbons (Fsp3) is 0.579. The van der Waals surface area contributed by atoms with Crippen LogP contribution in [-0.2, 0) is 23.9 Å². The standard InChI is InChI=1S/C19H22F3N5O2/c1-11-5-14(17(28)25-8-12(2)9-25)27-16(6-11)24-26(18(27)29)10-13-3-4-15(23-7-13)19(20,21)22/h3-4,7,11-12,14H,5-6,8-10H2,1-2H3. The maximum atomic E-state index is 13.0. The van der Waals surface area contributed by atoms with Crippen LogP contribution in [0.4, 0.5) is 13.2 Å². The molecule has 2 unspecified atom stereocenters. The van der Waals surface area contributed by atoms with Crippen LogP contribution < -0.4 is 5.69 Å². The lowest BCUT2D eigenvalue weighted by molar-refractivity contribution is -0.142. The molecule has 4 heterocycles. The van der Waals surface area contributed by atoms with Gasteiger partial charge in [0.25, 0.3) is 0 Å². The molecule has 2 aromatic heterocycles. The second-order valence-corrected chi connectivity index (χ2v) is 8.19. The quantitative estimate of drug-likeness (QED) is 0.779. The van der Waals surface area contributed by atoms with Gasteiger partial charge in [0.15, 0.2) is 0 Å². The summed E-state index contributed by atoms with van der Waals surface area (Å²) in [5.74, 6) is 1.15. The van der Waals surface area contributed by atoms with Gasteiger partial charge in [0.1, 0.15) is 17.6 Å². The van der Waals surface area contributed by atoms with Crippen molar-refractivity contribution < 1.29 is 18.0 Å². The van der Waals surface area contributed by atoms with Gasteiger partial charge >= 0.3 is 11.9 Å². The minimum Gasteiger partial charge on any atom is -0.340 e. The lowest BCUT2D eigenvalue weighted by atomic mass is 9.91. The van der Waals surface area contributed by atoms with Crippen molar-refractivity contribution in [2.24, 2.45) is 11.8 Å². The van der Waals surface area contributed by atoms with Crippen LogP contribution in [0.5, 0.6) is 0 Å². The number of rotatable bonds is 3. The number of nitrogens with zero attached hydrogens (tertiary/aromatic N) is 5. The summed E-state index contributed by atoms with van der Waals surface area (Å²) >= 11 is 0. The third-order valence-electron chi connectivity index (χ3n) is 5.52. The van der Waals surface area contributed by atoms with Crippen molar-refractivity contribution in [2.45, 2.75) is 45.5 Å². The zero-order chi connectivity index (χ0) is 20.9. The zero-order valence-corrected chi connectivity index (χ0v) is 16.2. The lowest BCUT2D eigenvalue weighted by Gasteiger charge is -2.40. The van der Waals surface area contributed by atoms with Crippen LogP contribution in [-0.4, -0.2) is 43.2 Å². The molecule has 2 aromatic rings. The van der Waals surface area contributed by atoms with Crippen LogP contribution in [0.3, 0.4) is 0 Å². The first-order valence-corrected chi connectivity index (χ1v) is 9.62. The lowest BCUT2D eigenvalue weighted by Crippen LogP contribution is -2.53. The summed E-state index contributed by atoms with van der Waals surface area (Å²) in [6.07, 6.45) is -2.26. The van der Waals surface area contributed by atoms with Crippen molar-refractivity contribution in [1.82, 2.24) is 24.2 Å². The number of aromatic nitrogens is 4. The molecular weight excluding hydrogens is 387 g/mol. The number of pyridine rings is 1. The van der Waals surface area contributed by atoms with Gasteiger partial charge in [0, 0.05) is 25.7 Å². The average Bonchev–Trinajstić information content (AvgIpc) is 2.93. The van der Waals surface area contributed by atoms with E-state index < -0.39 is 23.6 Å². The van der Waals surface area contributed by atoms with Gasteiger partial charge in [-0.15, -0.1) is 0 Å². The molecule has 2 aliphatic rings. The van der Waals surface area contributed by atoms with Gasteiger partial charge in [-0.05, 0) is 29.9 Å². The largest absolute Gasteiger partial charge is 0.433 e. The smallest absolute Gasteiger partial charge is 0.340 e. The molecule has 4 rings (SSSR count). The predicted molar refractivity (Wildman–Crippen MR) is 97.1 cm³/mol. The highest BCUT2D eigenvalue weighted by Crippen LogP contribution is 2.30. The number of fused-ring (bicyclic) bond motifs is 1. The van der Waals surface area contributed by atoms with Gasteiger partial charge in [0.05, 0.1) is 6.54 Å². The number of hydrogen-bond donors (Lipinski definition) is 0. The zero-order valence-electron chi connectivity index (χ0n) is 16.2. The highest BCUT2D eigenvalue weighted by Gasteiger charge is 2.39. The monoisotopic (exact) mass is 409 g/mol. The third-order valence-corrected chi connectivity index (χ3v) is 5.52. The van der Waals surface area contributed by atoms with E-state index in [0.717, 1.165) is 12.3 Å². The van der Waals surface area contributed by atoms with E-state index in [1.165, 1.54) is 15.3 Å². The molecule has 0 N–H and O–H groups in total. The van der Waals surface area contributed by atoms with E-state index in [4.69, 9.17) is 0 Å². The molecule has 1 saturated heterocycles. The summed E-state index contributed by atoms with van der Waals surface area (Å²) in [6.45, 7) is 5.48. The second kappa shape index (κ2) is 7.00. The minimum atomic E-state index is -4.51. The van der Waals surface area contributed by atoms with Gasteiger partial charge in [-0.2, -0.15) is 18.3 Å². The fourth-order valence-corrected chi connectivity index (χ4v) is 4.06. The highest BCUT2D eigenvalue weighted by molar-refractivity contribution is 5.81. The van der Waals surface area contributed by atoms with Crippen LogP contribution in [0, 0.1) is 11.8 Å². The number of hydrogen-bond acceptors (Lipinski definition) is 4. The van der Waals surface area contributed by atoms with E-state index in [2.05, 4.69) is 17.0 Å². The molecule has 2 atom stereocenters. The molecular formula is C19H22F3N5O2. The highest BCUT2D eigenvalue weighted by atomic mass is 19.4. The summed E-state index contributed by atoms with van der Waals surface area (Å²) < 4.78 is 40.7. The van der Waals surface area contributed by atoms with Crippen LogP contribution in [0.15, 0.2) is 23.1 Å². The number of alkyl halides is 3. The topological polar surface area (TPSA) is 73.0 Å². The number of halogens is 3. The fourth-order valence-electron chi connectivity index (χ4n) is 4.06. The Hall–Kier alpha value is -2.65. The van der Waals surface area contributed by atoms with E-state index in [0.29, 0.717) is 43.2 Å². The van der Waals surface area contributed by atoms with Crippen LogP contribution in [0.2, 0.25) is 0 Å². The van der Waals surface area contributed by atoms with Crippen molar-refractivity contribution in [3.05, 3.63) is 45.9 Å². The molecule has 0 radical (unpaired) electrons. The van der Waals surface area contributed by atoms with E-state index in [-0.39, 0.29) is 18.4 Å². The summed E-state index contributed by atoms with van der Waals surface area (Å²) in [4.78, 5) is 31.0. The Labute approximate surface area is 165 Å². The van der Waals surface area contributed by atoms with Crippen LogP contribution >= 0.6 is 0 Å². The summed E-state index contributed by atoms with van der Waals surface area (Å²) in [6, 6.07) is 1.59. The van der Waals surface area contributed by atoms with Gasteiger partial charge in [-0.1, -0.05) is 19.9 Å². The molecule has 0 aromatic carbocycles. The number of carbonyl (C=O) groups is 1. The van der Waals surface area contributed by atoms with Gasteiger partial charge in [-0.3, -0.25) is 14.3 Å². The molecule has 0 bridgehead atoms. The molecule has 0 aliphatic carbocycles. The van der Waals surface area contributed by atoms with Crippen molar-refractivity contribution in [2.75, 3.05) is 13.1 Å². The van der Waals surface area contributed by atoms with E-state index in [1.54, 1.807) is 4.90 Å². The average molecular weight is 409 g/mol. The molecule has 2 aliphatic heterocycles. The molecule has 0 saturated carbocycles. The molecule has 156 valence electrons. The number of carbonyl (C=O) groups excluding carboxylic acids is 1. The Morgan fingerprint density at radius 3 is 2.52 bits per heavy atom. The maximum absolute atomic E-state index is 13.0. The Morgan fingerprint density at radius 2 is 1.93 bits per heavy atom. The molecule has 7 nitrogen and oxygen atoms in total. The Kier molecular flexibility index (Phi) is 4.74.